The number of ether oxygens (including phenoxy) is 1. The molecule has 0 aliphatic heterocycles. The molecule has 96 valence electrons. The van der Waals surface area contributed by atoms with E-state index >= 15 is 0 Å². The predicted octanol–water partition coefficient (Wildman–Crippen LogP) is 2.89. The molecule has 1 saturated carbocycles. The molecule has 17 heavy (non-hydrogen) atoms. The molecule has 0 spiro atoms. The van der Waals surface area contributed by atoms with Crippen molar-refractivity contribution >= 4 is 12.3 Å². The van der Waals surface area contributed by atoms with E-state index in [0.717, 1.165) is 12.7 Å². The van der Waals surface area contributed by atoms with Crippen molar-refractivity contribution in [3.8, 4) is 0 Å². The Kier molecular flexibility index (Phi) is 3.25. The maximum atomic E-state index is 12.2. The standard InChI is InChI=1S/C14H22O3/c1-10(8-15)7-14(9-13(14,5)6)11(16)17-12(2,3)4/h7-8H,9H2,1-6H3/b10-7+. The van der Waals surface area contributed by atoms with E-state index in [2.05, 4.69) is 0 Å². The average Bonchev–Trinajstić information content (AvgIpc) is 2.66. The van der Waals surface area contributed by atoms with Gasteiger partial charge >= 0.3 is 5.97 Å². The summed E-state index contributed by atoms with van der Waals surface area (Å²) in [6, 6.07) is 0. The zero-order valence-electron chi connectivity index (χ0n) is 11.6. The Balaban J connectivity index is 2.97. The van der Waals surface area contributed by atoms with Crippen LogP contribution in [0.1, 0.15) is 48.0 Å². The minimum atomic E-state index is -0.620. The molecule has 0 aromatic rings. The molecule has 1 unspecified atom stereocenters. The summed E-state index contributed by atoms with van der Waals surface area (Å²) in [7, 11) is 0. The van der Waals surface area contributed by atoms with Gasteiger partial charge in [0, 0.05) is 0 Å². The van der Waals surface area contributed by atoms with Crippen LogP contribution in [-0.2, 0) is 14.3 Å². The summed E-state index contributed by atoms with van der Waals surface area (Å²) in [5.41, 5.74) is -0.655. The minimum absolute atomic E-state index is 0.125. The molecule has 0 heterocycles. The van der Waals surface area contributed by atoms with E-state index in [4.69, 9.17) is 4.74 Å². The van der Waals surface area contributed by atoms with Crippen LogP contribution in [0.25, 0.3) is 0 Å². The lowest BCUT2D eigenvalue weighted by Crippen LogP contribution is -2.31. The van der Waals surface area contributed by atoms with Crippen LogP contribution in [0.4, 0.5) is 0 Å². The molecular weight excluding hydrogens is 216 g/mol. The van der Waals surface area contributed by atoms with Crippen molar-refractivity contribution in [3.63, 3.8) is 0 Å². The van der Waals surface area contributed by atoms with Crippen LogP contribution in [-0.4, -0.2) is 17.9 Å². The van der Waals surface area contributed by atoms with Gasteiger partial charge in [-0.15, -0.1) is 0 Å². The van der Waals surface area contributed by atoms with Crippen LogP contribution < -0.4 is 0 Å². The molecule has 1 fully saturated rings. The lowest BCUT2D eigenvalue weighted by Gasteiger charge is -2.24. The second-order valence-corrected chi connectivity index (χ2v) is 6.54. The van der Waals surface area contributed by atoms with Crippen LogP contribution in [0.5, 0.6) is 0 Å². The Morgan fingerprint density at radius 1 is 1.29 bits per heavy atom. The third-order valence-electron chi connectivity index (χ3n) is 3.23. The summed E-state index contributed by atoms with van der Waals surface area (Å²) in [5.74, 6) is -0.226. The van der Waals surface area contributed by atoms with Crippen molar-refractivity contribution in [1.82, 2.24) is 0 Å². The Morgan fingerprint density at radius 2 is 1.76 bits per heavy atom. The molecule has 1 rings (SSSR count). The average molecular weight is 238 g/mol. The van der Waals surface area contributed by atoms with Crippen LogP contribution in [0.3, 0.4) is 0 Å². The number of rotatable bonds is 3. The Morgan fingerprint density at radius 3 is 2.06 bits per heavy atom. The Bertz CT molecular complexity index is 371. The van der Waals surface area contributed by atoms with Crippen LogP contribution in [0, 0.1) is 10.8 Å². The molecule has 3 nitrogen and oxygen atoms in total. The van der Waals surface area contributed by atoms with Gasteiger partial charge in [0.05, 0.1) is 5.41 Å². The van der Waals surface area contributed by atoms with Crippen molar-refractivity contribution in [2.45, 2.75) is 53.6 Å². The summed E-state index contributed by atoms with van der Waals surface area (Å²) in [4.78, 5) is 22.9. The molecule has 0 bridgehead atoms. The molecule has 1 aliphatic rings. The highest BCUT2D eigenvalue weighted by atomic mass is 16.6. The number of carbonyl (C=O) groups is 2. The fraction of sp³-hybridized carbons (Fsp3) is 0.714. The van der Waals surface area contributed by atoms with E-state index in [0.29, 0.717) is 5.57 Å². The second kappa shape index (κ2) is 3.97. The van der Waals surface area contributed by atoms with Gasteiger partial charge in [0.1, 0.15) is 11.9 Å². The Hall–Kier alpha value is -1.12. The molecule has 0 N–H and O–H groups in total. The van der Waals surface area contributed by atoms with E-state index in [9.17, 15) is 9.59 Å². The van der Waals surface area contributed by atoms with Crippen molar-refractivity contribution in [2.75, 3.05) is 0 Å². The summed E-state index contributed by atoms with van der Waals surface area (Å²) in [6.45, 7) is 11.3. The molecule has 0 saturated heterocycles. The molecule has 0 aromatic heterocycles. The molecule has 1 aliphatic carbocycles. The lowest BCUT2D eigenvalue weighted by molar-refractivity contribution is -0.160. The van der Waals surface area contributed by atoms with Gasteiger partial charge in [0.25, 0.3) is 0 Å². The number of hydrogen-bond donors (Lipinski definition) is 0. The number of carbonyl (C=O) groups excluding carboxylic acids is 2. The molecule has 1 atom stereocenters. The highest BCUT2D eigenvalue weighted by Gasteiger charge is 2.66. The molecule has 0 radical (unpaired) electrons. The predicted molar refractivity (Wildman–Crippen MR) is 66.5 cm³/mol. The van der Waals surface area contributed by atoms with Crippen LogP contribution in [0.2, 0.25) is 0 Å². The van der Waals surface area contributed by atoms with E-state index < -0.39 is 11.0 Å². The van der Waals surface area contributed by atoms with Crippen LogP contribution >= 0.6 is 0 Å². The van der Waals surface area contributed by atoms with Crippen molar-refractivity contribution < 1.29 is 14.3 Å². The third kappa shape index (κ3) is 2.76. The fourth-order valence-corrected chi connectivity index (χ4v) is 2.10. The fourth-order valence-electron chi connectivity index (χ4n) is 2.10. The van der Waals surface area contributed by atoms with Gasteiger partial charge in [0.2, 0.25) is 0 Å². The first-order chi connectivity index (χ1) is 7.54. The van der Waals surface area contributed by atoms with E-state index in [1.165, 1.54) is 0 Å². The van der Waals surface area contributed by atoms with Gasteiger partial charge < -0.3 is 4.74 Å². The maximum absolute atomic E-state index is 12.2. The van der Waals surface area contributed by atoms with E-state index in [1.807, 2.05) is 34.6 Å². The van der Waals surface area contributed by atoms with Gasteiger partial charge in [-0.3, -0.25) is 9.59 Å². The second-order valence-electron chi connectivity index (χ2n) is 6.54. The maximum Gasteiger partial charge on any atom is 0.317 e. The normalized spacial score (nSPS) is 27.5. The zero-order chi connectivity index (χ0) is 13.5. The molecule has 3 heteroatoms. The highest BCUT2D eigenvalue weighted by Crippen LogP contribution is 2.65. The summed E-state index contributed by atoms with van der Waals surface area (Å²) < 4.78 is 5.45. The van der Waals surface area contributed by atoms with Crippen LogP contribution in [0.15, 0.2) is 11.6 Å². The highest BCUT2D eigenvalue weighted by molar-refractivity contribution is 5.86. The number of allylic oxidation sites excluding steroid dienone is 1. The monoisotopic (exact) mass is 238 g/mol. The first-order valence-electron chi connectivity index (χ1n) is 5.92. The minimum Gasteiger partial charge on any atom is -0.459 e. The van der Waals surface area contributed by atoms with Crippen molar-refractivity contribution in [3.05, 3.63) is 11.6 Å². The summed E-state index contributed by atoms with van der Waals surface area (Å²) in [5, 5.41) is 0. The summed E-state index contributed by atoms with van der Waals surface area (Å²) >= 11 is 0. The summed E-state index contributed by atoms with van der Waals surface area (Å²) in [6.07, 6.45) is 3.27. The van der Waals surface area contributed by atoms with Gasteiger partial charge in [-0.05, 0) is 45.1 Å². The molecule has 0 amide bonds. The number of esters is 1. The van der Waals surface area contributed by atoms with Crippen molar-refractivity contribution in [1.29, 1.82) is 0 Å². The third-order valence-corrected chi connectivity index (χ3v) is 3.23. The quantitative estimate of drug-likeness (QED) is 0.431. The van der Waals surface area contributed by atoms with Crippen molar-refractivity contribution in [2.24, 2.45) is 10.8 Å². The smallest absolute Gasteiger partial charge is 0.317 e. The molecular formula is C14H22O3. The molecule has 0 aromatic carbocycles. The van der Waals surface area contributed by atoms with E-state index in [1.54, 1.807) is 13.0 Å². The zero-order valence-corrected chi connectivity index (χ0v) is 11.6. The van der Waals surface area contributed by atoms with Gasteiger partial charge in [0.15, 0.2) is 0 Å². The number of aldehydes is 1. The number of hydrogen-bond acceptors (Lipinski definition) is 3. The van der Waals surface area contributed by atoms with Gasteiger partial charge in [-0.2, -0.15) is 0 Å². The van der Waals surface area contributed by atoms with E-state index in [-0.39, 0.29) is 11.4 Å². The van der Waals surface area contributed by atoms with Gasteiger partial charge in [-0.1, -0.05) is 19.9 Å². The largest absolute Gasteiger partial charge is 0.459 e. The SMILES string of the molecule is C/C(C=O)=C\C1(C(=O)OC(C)(C)C)CC1(C)C. The Labute approximate surface area is 103 Å². The lowest BCUT2D eigenvalue weighted by atomic mass is 9.93. The van der Waals surface area contributed by atoms with Gasteiger partial charge in [-0.25, -0.2) is 0 Å². The first kappa shape index (κ1) is 13.9. The topological polar surface area (TPSA) is 43.4 Å². The first-order valence-corrected chi connectivity index (χ1v) is 5.92.